The minimum absolute atomic E-state index is 0.0327. The van der Waals surface area contributed by atoms with Gasteiger partial charge in [-0.25, -0.2) is 4.79 Å². The lowest BCUT2D eigenvalue weighted by atomic mass is 10.1. The average molecular weight is 387 g/mol. The topological polar surface area (TPSA) is 76.2 Å². The van der Waals surface area contributed by atoms with E-state index in [1.54, 1.807) is 28.7 Å². The van der Waals surface area contributed by atoms with E-state index in [0.29, 0.717) is 19.6 Å². The van der Waals surface area contributed by atoms with Gasteiger partial charge in [0.15, 0.2) is 0 Å². The first-order valence-electron chi connectivity index (χ1n) is 9.73. The van der Waals surface area contributed by atoms with Crippen LogP contribution in [-0.4, -0.2) is 91.4 Å². The lowest BCUT2D eigenvalue weighted by Gasteiger charge is -2.38. The molecule has 0 bridgehead atoms. The molecule has 2 atom stereocenters. The zero-order valence-electron chi connectivity index (χ0n) is 16.8. The number of fused-ring (bicyclic) bond motifs is 1. The first kappa shape index (κ1) is 20.0. The summed E-state index contributed by atoms with van der Waals surface area (Å²) in [7, 11) is 3.78. The average Bonchev–Trinajstić information content (AvgIpc) is 2.99. The number of para-hydroxylation sites is 1. The number of hydrogen-bond donors (Lipinski definition) is 1. The van der Waals surface area contributed by atoms with Crippen LogP contribution in [0.5, 0.6) is 0 Å². The zero-order chi connectivity index (χ0) is 20.3. The van der Waals surface area contributed by atoms with E-state index in [1.165, 1.54) is 0 Å². The van der Waals surface area contributed by atoms with Crippen molar-refractivity contribution < 1.29 is 14.4 Å². The fourth-order valence-corrected chi connectivity index (χ4v) is 3.93. The second-order valence-corrected chi connectivity index (χ2v) is 7.58. The van der Waals surface area contributed by atoms with Gasteiger partial charge < -0.3 is 24.9 Å². The molecule has 2 fully saturated rings. The Morgan fingerprint density at radius 2 is 1.93 bits per heavy atom. The number of carbonyl (C=O) groups excluding carboxylic acids is 3. The summed E-state index contributed by atoms with van der Waals surface area (Å²) < 4.78 is 0. The van der Waals surface area contributed by atoms with Crippen LogP contribution >= 0.6 is 0 Å². The Bertz CT molecular complexity index is 726. The molecule has 4 amide bonds. The minimum Gasteiger partial charge on any atom is -0.375 e. The summed E-state index contributed by atoms with van der Waals surface area (Å²) >= 11 is 0. The number of urea groups is 1. The first-order valence-corrected chi connectivity index (χ1v) is 9.73. The van der Waals surface area contributed by atoms with Crippen molar-refractivity contribution in [2.24, 2.45) is 0 Å². The van der Waals surface area contributed by atoms with Gasteiger partial charge in [-0.05, 0) is 25.5 Å². The van der Waals surface area contributed by atoms with Crippen LogP contribution in [0.4, 0.5) is 10.5 Å². The molecular weight excluding hydrogens is 358 g/mol. The van der Waals surface area contributed by atoms with Crippen molar-refractivity contribution in [3.63, 3.8) is 0 Å². The van der Waals surface area contributed by atoms with Crippen molar-refractivity contribution in [1.29, 1.82) is 0 Å². The van der Waals surface area contributed by atoms with E-state index in [2.05, 4.69) is 22.3 Å². The Kier molecular flexibility index (Phi) is 6.06. The SMILES string of the molecule is C[C@H]1C(=O)N(C)C[C@@H]2CN(CC(=O)NCCCN(C)c3ccccc3)C(=O)N21. The predicted molar refractivity (Wildman–Crippen MR) is 107 cm³/mol. The third-order valence-corrected chi connectivity index (χ3v) is 5.48. The van der Waals surface area contributed by atoms with Crippen LogP contribution in [0.3, 0.4) is 0 Å². The molecule has 0 aliphatic carbocycles. The minimum atomic E-state index is -0.474. The number of piperazine rings is 1. The lowest BCUT2D eigenvalue weighted by Crippen LogP contribution is -2.58. The van der Waals surface area contributed by atoms with Gasteiger partial charge in [-0.1, -0.05) is 18.2 Å². The molecule has 0 aromatic heterocycles. The summed E-state index contributed by atoms with van der Waals surface area (Å²) in [5.41, 5.74) is 1.14. The number of rotatable bonds is 7. The van der Waals surface area contributed by atoms with Crippen molar-refractivity contribution >= 4 is 23.5 Å². The maximum Gasteiger partial charge on any atom is 0.321 e. The van der Waals surface area contributed by atoms with E-state index in [4.69, 9.17) is 0 Å². The van der Waals surface area contributed by atoms with Gasteiger partial charge in [0.25, 0.3) is 0 Å². The van der Waals surface area contributed by atoms with Crippen LogP contribution in [0.25, 0.3) is 0 Å². The smallest absolute Gasteiger partial charge is 0.321 e. The molecule has 1 aromatic carbocycles. The molecule has 1 aromatic rings. The van der Waals surface area contributed by atoms with Gasteiger partial charge in [0.1, 0.15) is 12.6 Å². The quantitative estimate of drug-likeness (QED) is 0.695. The summed E-state index contributed by atoms with van der Waals surface area (Å²) in [5, 5.41) is 2.89. The highest BCUT2D eigenvalue weighted by Crippen LogP contribution is 2.24. The normalized spacial score (nSPS) is 21.8. The van der Waals surface area contributed by atoms with Crippen molar-refractivity contribution in [1.82, 2.24) is 20.0 Å². The molecule has 0 spiro atoms. The second kappa shape index (κ2) is 8.50. The zero-order valence-corrected chi connectivity index (χ0v) is 16.8. The van der Waals surface area contributed by atoms with Crippen molar-refractivity contribution in [2.75, 3.05) is 51.7 Å². The number of nitrogens with zero attached hydrogens (tertiary/aromatic N) is 4. The molecular formula is C20H29N5O3. The molecule has 0 saturated carbocycles. The van der Waals surface area contributed by atoms with E-state index >= 15 is 0 Å². The van der Waals surface area contributed by atoms with E-state index < -0.39 is 6.04 Å². The standard InChI is InChI=1S/C20H29N5O3/c1-15-19(27)23(3)12-17-13-24(20(28)25(15)17)14-18(26)21-10-7-11-22(2)16-8-5-4-6-9-16/h4-6,8-9,15,17H,7,10-14H2,1-3H3,(H,21,26)/t15-,17+/m0/s1. The second-order valence-electron chi connectivity index (χ2n) is 7.58. The number of benzene rings is 1. The van der Waals surface area contributed by atoms with Crippen LogP contribution in [0.15, 0.2) is 30.3 Å². The number of anilines is 1. The molecule has 0 radical (unpaired) electrons. The fraction of sp³-hybridized carbons (Fsp3) is 0.550. The highest BCUT2D eigenvalue weighted by Gasteiger charge is 2.47. The van der Waals surface area contributed by atoms with Crippen LogP contribution in [0.1, 0.15) is 13.3 Å². The van der Waals surface area contributed by atoms with Crippen molar-refractivity contribution in [3.8, 4) is 0 Å². The lowest BCUT2D eigenvalue weighted by molar-refractivity contribution is -0.139. The molecule has 2 heterocycles. The van der Waals surface area contributed by atoms with Gasteiger partial charge >= 0.3 is 6.03 Å². The number of nitrogens with one attached hydrogen (secondary N) is 1. The Labute approximate surface area is 166 Å². The summed E-state index contributed by atoms with van der Waals surface area (Å²) in [5.74, 6) is -0.221. The summed E-state index contributed by atoms with van der Waals surface area (Å²) in [6.07, 6.45) is 0.816. The van der Waals surface area contributed by atoms with E-state index in [-0.39, 0.29) is 30.4 Å². The molecule has 2 aliphatic heterocycles. The van der Waals surface area contributed by atoms with E-state index in [1.807, 2.05) is 25.2 Å². The highest BCUT2D eigenvalue weighted by atomic mass is 16.2. The maximum absolute atomic E-state index is 12.6. The Morgan fingerprint density at radius 3 is 2.64 bits per heavy atom. The number of carbonyl (C=O) groups is 3. The molecule has 2 saturated heterocycles. The molecule has 1 N–H and O–H groups in total. The summed E-state index contributed by atoms with van der Waals surface area (Å²) in [6, 6.07) is 9.35. The Balaban J connectivity index is 1.42. The number of likely N-dealkylation sites (N-methyl/N-ethyl adjacent to an activating group) is 1. The van der Waals surface area contributed by atoms with E-state index in [0.717, 1.165) is 18.7 Å². The third kappa shape index (κ3) is 4.21. The van der Waals surface area contributed by atoms with Gasteiger partial charge in [-0.2, -0.15) is 0 Å². The molecule has 8 nitrogen and oxygen atoms in total. The largest absolute Gasteiger partial charge is 0.375 e. The monoisotopic (exact) mass is 387 g/mol. The van der Waals surface area contributed by atoms with Gasteiger partial charge in [-0.3, -0.25) is 9.59 Å². The molecule has 0 unspecified atom stereocenters. The summed E-state index contributed by atoms with van der Waals surface area (Å²) in [6.45, 7) is 4.15. The van der Waals surface area contributed by atoms with Gasteiger partial charge in [-0.15, -0.1) is 0 Å². The fourth-order valence-electron chi connectivity index (χ4n) is 3.93. The third-order valence-electron chi connectivity index (χ3n) is 5.48. The highest BCUT2D eigenvalue weighted by molar-refractivity contribution is 5.91. The van der Waals surface area contributed by atoms with Gasteiger partial charge in [0, 0.05) is 46.0 Å². The van der Waals surface area contributed by atoms with E-state index in [9.17, 15) is 14.4 Å². The van der Waals surface area contributed by atoms with Crippen molar-refractivity contribution in [2.45, 2.75) is 25.4 Å². The molecule has 3 rings (SSSR count). The molecule has 2 aliphatic rings. The molecule has 152 valence electrons. The Morgan fingerprint density at radius 1 is 1.21 bits per heavy atom. The van der Waals surface area contributed by atoms with Gasteiger partial charge in [0.05, 0.1) is 6.04 Å². The van der Waals surface area contributed by atoms with Crippen LogP contribution < -0.4 is 10.2 Å². The number of amides is 4. The molecule has 8 heteroatoms. The van der Waals surface area contributed by atoms with Gasteiger partial charge in [0.2, 0.25) is 11.8 Å². The van der Waals surface area contributed by atoms with Crippen LogP contribution in [-0.2, 0) is 9.59 Å². The first-order chi connectivity index (χ1) is 13.4. The van der Waals surface area contributed by atoms with Crippen molar-refractivity contribution in [3.05, 3.63) is 30.3 Å². The van der Waals surface area contributed by atoms with Crippen LogP contribution in [0.2, 0.25) is 0 Å². The Hall–Kier alpha value is -2.77. The maximum atomic E-state index is 12.6. The predicted octanol–water partition coefficient (Wildman–Crippen LogP) is 0.596. The molecule has 28 heavy (non-hydrogen) atoms. The van der Waals surface area contributed by atoms with Crippen LogP contribution in [0, 0.1) is 0 Å². The summed E-state index contributed by atoms with van der Waals surface area (Å²) in [4.78, 5) is 43.9. The number of hydrogen-bond acceptors (Lipinski definition) is 4.